The molecule has 1 atom stereocenters. The van der Waals surface area contributed by atoms with Gasteiger partial charge in [-0.05, 0) is 29.7 Å². The third-order valence-electron chi connectivity index (χ3n) is 2.90. The molecule has 0 bridgehead atoms. The first-order valence-corrected chi connectivity index (χ1v) is 6.93. The van der Waals surface area contributed by atoms with Gasteiger partial charge >= 0.3 is 0 Å². The maximum Gasteiger partial charge on any atom is 0.220 e. The van der Waals surface area contributed by atoms with E-state index in [9.17, 15) is 9.90 Å². The van der Waals surface area contributed by atoms with Crippen LogP contribution in [0.25, 0.3) is 11.5 Å². The van der Waals surface area contributed by atoms with E-state index in [1.165, 1.54) is 0 Å². The van der Waals surface area contributed by atoms with Crippen LogP contribution in [-0.2, 0) is 4.79 Å². The highest BCUT2D eigenvalue weighted by atomic mass is 16.4. The molecular weight excluding hydrogens is 270 g/mol. The number of hydrogen-bond donors (Lipinski definition) is 2. The van der Waals surface area contributed by atoms with Crippen LogP contribution in [0.4, 0.5) is 0 Å². The smallest absolute Gasteiger partial charge is 0.220 e. The number of aliphatic hydroxyl groups excluding tert-OH is 1. The van der Waals surface area contributed by atoms with Gasteiger partial charge in [-0.3, -0.25) is 4.79 Å². The van der Waals surface area contributed by atoms with Gasteiger partial charge in [0.05, 0.1) is 12.8 Å². The summed E-state index contributed by atoms with van der Waals surface area (Å²) in [5.41, 5.74) is -0.0772. The van der Waals surface area contributed by atoms with Crippen molar-refractivity contribution in [2.75, 3.05) is 6.54 Å². The lowest BCUT2D eigenvalue weighted by Crippen LogP contribution is -2.31. The molecule has 0 aliphatic carbocycles. The van der Waals surface area contributed by atoms with Crippen LogP contribution in [0.15, 0.2) is 39.4 Å². The maximum atomic E-state index is 11.7. The molecule has 0 saturated heterocycles. The van der Waals surface area contributed by atoms with Gasteiger partial charge in [0.2, 0.25) is 5.91 Å². The zero-order valence-electron chi connectivity index (χ0n) is 12.6. The first-order chi connectivity index (χ1) is 9.85. The minimum Gasteiger partial charge on any atom is -0.461 e. The monoisotopic (exact) mass is 291 g/mol. The highest BCUT2D eigenvalue weighted by molar-refractivity contribution is 5.76. The highest BCUT2D eigenvalue weighted by Gasteiger charge is 2.18. The number of nitrogens with one attached hydrogen (secondary N) is 1. The van der Waals surface area contributed by atoms with Crippen molar-refractivity contribution in [1.29, 1.82) is 0 Å². The van der Waals surface area contributed by atoms with E-state index in [1.54, 1.807) is 30.5 Å². The van der Waals surface area contributed by atoms with Gasteiger partial charge in [-0.1, -0.05) is 20.8 Å². The van der Waals surface area contributed by atoms with Crippen molar-refractivity contribution >= 4 is 5.91 Å². The number of aliphatic hydroxyl groups is 1. The molecule has 2 aromatic rings. The minimum absolute atomic E-state index is 0.0772. The van der Waals surface area contributed by atoms with Gasteiger partial charge in [-0.2, -0.15) is 0 Å². The van der Waals surface area contributed by atoms with Gasteiger partial charge in [-0.15, -0.1) is 0 Å². The van der Waals surface area contributed by atoms with E-state index >= 15 is 0 Å². The van der Waals surface area contributed by atoms with Crippen LogP contribution in [0.1, 0.15) is 39.1 Å². The Morgan fingerprint density at radius 2 is 2.05 bits per heavy atom. The van der Waals surface area contributed by atoms with Crippen LogP contribution in [-0.4, -0.2) is 17.6 Å². The van der Waals surface area contributed by atoms with E-state index in [4.69, 9.17) is 8.83 Å². The molecular formula is C16H21NO4. The van der Waals surface area contributed by atoms with Gasteiger partial charge in [0, 0.05) is 6.42 Å². The second-order valence-corrected chi connectivity index (χ2v) is 6.24. The fraction of sp³-hybridized carbons (Fsp3) is 0.438. The summed E-state index contributed by atoms with van der Waals surface area (Å²) in [5, 5.41) is 12.7. The van der Waals surface area contributed by atoms with Gasteiger partial charge in [0.1, 0.15) is 11.9 Å². The topological polar surface area (TPSA) is 75.6 Å². The van der Waals surface area contributed by atoms with Gasteiger partial charge in [0.25, 0.3) is 0 Å². The van der Waals surface area contributed by atoms with E-state index < -0.39 is 6.10 Å². The van der Waals surface area contributed by atoms with E-state index in [1.807, 2.05) is 20.8 Å². The third kappa shape index (κ3) is 4.49. The molecule has 0 unspecified atom stereocenters. The number of rotatable bonds is 5. The van der Waals surface area contributed by atoms with E-state index in [-0.39, 0.29) is 17.9 Å². The van der Waals surface area contributed by atoms with Gasteiger partial charge in [-0.25, -0.2) is 0 Å². The lowest BCUT2D eigenvalue weighted by Gasteiger charge is -2.18. The summed E-state index contributed by atoms with van der Waals surface area (Å²) >= 11 is 0. The fourth-order valence-electron chi connectivity index (χ4n) is 1.94. The molecule has 1 amide bonds. The first kappa shape index (κ1) is 15.4. The molecule has 5 heteroatoms. The predicted molar refractivity (Wildman–Crippen MR) is 78.5 cm³/mol. The molecule has 2 rings (SSSR count). The van der Waals surface area contributed by atoms with Crippen molar-refractivity contribution in [3.05, 3.63) is 36.3 Å². The van der Waals surface area contributed by atoms with Crippen molar-refractivity contribution < 1.29 is 18.7 Å². The third-order valence-corrected chi connectivity index (χ3v) is 2.90. The molecule has 5 nitrogen and oxygen atoms in total. The summed E-state index contributed by atoms with van der Waals surface area (Å²) < 4.78 is 10.7. The van der Waals surface area contributed by atoms with Crippen LogP contribution in [0, 0.1) is 5.41 Å². The molecule has 0 aliphatic heterocycles. The molecule has 0 aliphatic rings. The molecule has 2 heterocycles. The van der Waals surface area contributed by atoms with Crippen molar-refractivity contribution in [1.82, 2.24) is 5.32 Å². The number of carbonyl (C=O) groups excluding carboxylic acids is 1. The Hall–Kier alpha value is -2.01. The Kier molecular flexibility index (Phi) is 4.53. The molecule has 2 N–H and O–H groups in total. The van der Waals surface area contributed by atoms with Gasteiger partial charge < -0.3 is 19.3 Å². The number of furan rings is 2. The highest BCUT2D eigenvalue weighted by Crippen LogP contribution is 2.25. The molecule has 0 radical (unpaired) electrons. The Morgan fingerprint density at radius 1 is 1.29 bits per heavy atom. The Labute approximate surface area is 124 Å². The lowest BCUT2D eigenvalue weighted by molar-refractivity contribution is -0.123. The van der Waals surface area contributed by atoms with Crippen LogP contribution >= 0.6 is 0 Å². The number of amides is 1. The van der Waals surface area contributed by atoms with Crippen LogP contribution < -0.4 is 5.32 Å². The zero-order valence-corrected chi connectivity index (χ0v) is 12.6. The van der Waals surface area contributed by atoms with Crippen LogP contribution in [0.2, 0.25) is 0 Å². The maximum absolute atomic E-state index is 11.7. The number of hydrogen-bond acceptors (Lipinski definition) is 4. The number of carbonyl (C=O) groups is 1. The van der Waals surface area contributed by atoms with Crippen molar-refractivity contribution in [3.8, 4) is 11.5 Å². The van der Waals surface area contributed by atoms with E-state index in [0.29, 0.717) is 23.7 Å². The van der Waals surface area contributed by atoms with E-state index in [2.05, 4.69) is 5.32 Å². The van der Waals surface area contributed by atoms with Crippen LogP contribution in [0.5, 0.6) is 0 Å². The van der Waals surface area contributed by atoms with Crippen molar-refractivity contribution in [2.45, 2.75) is 33.3 Å². The Bertz CT molecular complexity index is 578. The van der Waals surface area contributed by atoms with Crippen molar-refractivity contribution in [3.63, 3.8) is 0 Å². The first-order valence-electron chi connectivity index (χ1n) is 6.93. The summed E-state index contributed by atoms with van der Waals surface area (Å²) in [4.78, 5) is 11.7. The second kappa shape index (κ2) is 6.18. The SMILES string of the molecule is CC(C)(C)CC(=O)NC[C@H](O)c1ccc(-c2ccco2)o1. The Morgan fingerprint density at radius 3 is 2.67 bits per heavy atom. The molecule has 21 heavy (non-hydrogen) atoms. The molecule has 114 valence electrons. The summed E-state index contributed by atoms with van der Waals surface area (Å²) in [5.74, 6) is 1.47. The largest absolute Gasteiger partial charge is 0.461 e. The van der Waals surface area contributed by atoms with E-state index in [0.717, 1.165) is 0 Å². The summed E-state index contributed by atoms with van der Waals surface area (Å²) in [7, 11) is 0. The standard InChI is InChI=1S/C16H21NO4/c1-16(2,3)9-15(19)17-10-11(18)12-6-7-14(21-12)13-5-4-8-20-13/h4-8,11,18H,9-10H2,1-3H3,(H,17,19)/t11-/m0/s1. The second-order valence-electron chi connectivity index (χ2n) is 6.24. The molecule has 0 saturated carbocycles. The predicted octanol–water partition coefficient (Wildman–Crippen LogP) is 3.13. The normalized spacial score (nSPS) is 13.1. The van der Waals surface area contributed by atoms with Gasteiger partial charge in [0.15, 0.2) is 11.5 Å². The average molecular weight is 291 g/mol. The fourth-order valence-corrected chi connectivity index (χ4v) is 1.94. The molecule has 0 aromatic carbocycles. The lowest BCUT2D eigenvalue weighted by atomic mass is 9.92. The zero-order chi connectivity index (χ0) is 15.5. The summed E-state index contributed by atoms with van der Waals surface area (Å²) in [6, 6.07) is 6.95. The molecule has 2 aromatic heterocycles. The summed E-state index contributed by atoms with van der Waals surface area (Å²) in [6.07, 6.45) is 1.09. The molecule has 0 fully saturated rings. The van der Waals surface area contributed by atoms with Crippen LogP contribution in [0.3, 0.4) is 0 Å². The van der Waals surface area contributed by atoms with Crippen molar-refractivity contribution in [2.24, 2.45) is 5.41 Å². The quantitative estimate of drug-likeness (QED) is 0.887. The minimum atomic E-state index is -0.877. The Balaban J connectivity index is 1.89. The summed E-state index contributed by atoms with van der Waals surface area (Å²) in [6.45, 7) is 6.10. The molecule has 0 spiro atoms. The average Bonchev–Trinajstić information content (AvgIpc) is 3.03.